The van der Waals surface area contributed by atoms with Crippen molar-refractivity contribution in [1.29, 1.82) is 5.41 Å². The van der Waals surface area contributed by atoms with Crippen LogP contribution >= 0.6 is 0 Å². The highest BCUT2D eigenvalue weighted by Crippen LogP contribution is 2.00. The molecule has 1 aromatic rings. The van der Waals surface area contributed by atoms with Crippen molar-refractivity contribution in [2.45, 2.75) is 6.32 Å². The third kappa shape index (κ3) is 1.47. The van der Waals surface area contributed by atoms with Crippen LogP contribution in [0.2, 0.25) is 6.32 Å². The van der Waals surface area contributed by atoms with Crippen LogP contribution in [0.15, 0.2) is 30.3 Å². The quantitative estimate of drug-likeness (QED) is 0.463. The molecule has 0 aromatic heterocycles. The Labute approximate surface area is 62.0 Å². The molecule has 1 aromatic carbocycles. The summed E-state index contributed by atoms with van der Waals surface area (Å²) < 4.78 is 0. The maximum Gasteiger partial charge on any atom is 0.0737 e. The van der Waals surface area contributed by atoms with E-state index in [2.05, 4.69) is 0 Å². The van der Waals surface area contributed by atoms with Crippen molar-refractivity contribution in [2.24, 2.45) is 0 Å². The average Bonchev–Trinajstić information content (AvgIpc) is 2.05. The molecule has 0 saturated heterocycles. The number of hydrogen-bond acceptors (Lipinski definition) is 1. The lowest BCUT2D eigenvalue weighted by Crippen LogP contribution is -1.95. The molecule has 0 aliphatic rings. The maximum absolute atomic E-state index is 7.35. The van der Waals surface area contributed by atoms with Gasteiger partial charge < -0.3 is 5.41 Å². The second kappa shape index (κ2) is 3.21. The fourth-order valence-corrected chi connectivity index (χ4v) is 0.757. The molecule has 0 atom stereocenters. The Balaban J connectivity index is 2.85. The van der Waals surface area contributed by atoms with E-state index < -0.39 is 0 Å². The van der Waals surface area contributed by atoms with Crippen LogP contribution in [0.1, 0.15) is 5.56 Å². The first-order chi connectivity index (χ1) is 4.84. The summed E-state index contributed by atoms with van der Waals surface area (Å²) in [6.45, 7) is 0. The summed E-state index contributed by atoms with van der Waals surface area (Å²) in [6, 6.07) is 9.50. The summed E-state index contributed by atoms with van der Waals surface area (Å²) in [5, 5.41) is 7.35. The summed E-state index contributed by atoms with van der Waals surface area (Å²) >= 11 is 0. The van der Waals surface area contributed by atoms with Crippen molar-refractivity contribution < 1.29 is 0 Å². The van der Waals surface area contributed by atoms with E-state index in [4.69, 9.17) is 13.3 Å². The predicted octanol–water partition coefficient (Wildman–Crippen LogP) is 1.64. The van der Waals surface area contributed by atoms with Crippen molar-refractivity contribution in [2.75, 3.05) is 0 Å². The molecule has 1 N–H and O–H groups in total. The highest BCUT2D eigenvalue weighted by atomic mass is 14.4. The minimum atomic E-state index is 0.310. The molecule has 1 rings (SSSR count). The molecule has 0 aliphatic heterocycles. The molecule has 0 unspecified atom stereocenters. The van der Waals surface area contributed by atoms with Gasteiger partial charge in [0.15, 0.2) is 0 Å². The van der Waals surface area contributed by atoms with Gasteiger partial charge in [-0.15, -0.1) is 0 Å². The van der Waals surface area contributed by atoms with Gasteiger partial charge >= 0.3 is 0 Å². The van der Waals surface area contributed by atoms with Crippen LogP contribution in [0.25, 0.3) is 0 Å². The van der Waals surface area contributed by atoms with Gasteiger partial charge in [0.2, 0.25) is 0 Å². The number of hydrogen-bond donors (Lipinski definition) is 1. The first kappa shape index (κ1) is 7.07. The van der Waals surface area contributed by atoms with E-state index in [-0.39, 0.29) is 0 Å². The van der Waals surface area contributed by atoms with Crippen LogP contribution in [-0.4, -0.2) is 13.6 Å². The zero-order chi connectivity index (χ0) is 7.40. The van der Waals surface area contributed by atoms with Gasteiger partial charge in [0.1, 0.15) is 0 Å². The Hall–Kier alpha value is -1.05. The Kier molecular flexibility index (Phi) is 2.27. The van der Waals surface area contributed by atoms with E-state index in [9.17, 15) is 0 Å². The SMILES string of the molecule is [B]CC(=N)c1ccccc1. The largest absolute Gasteiger partial charge is 0.305 e. The smallest absolute Gasteiger partial charge is 0.0737 e. The van der Waals surface area contributed by atoms with E-state index in [1.807, 2.05) is 30.3 Å². The molecule has 0 amide bonds. The lowest BCUT2D eigenvalue weighted by molar-refractivity contribution is 1.45. The predicted molar refractivity (Wildman–Crippen MR) is 43.8 cm³/mol. The van der Waals surface area contributed by atoms with E-state index >= 15 is 0 Å². The minimum Gasteiger partial charge on any atom is -0.305 e. The van der Waals surface area contributed by atoms with Crippen molar-refractivity contribution >= 4 is 13.6 Å². The molecule has 0 spiro atoms. The second-order valence-electron chi connectivity index (χ2n) is 2.05. The third-order valence-electron chi connectivity index (χ3n) is 1.33. The molecular weight excluding hydrogens is 121 g/mol. The van der Waals surface area contributed by atoms with Gasteiger partial charge in [0.05, 0.1) is 7.85 Å². The lowest BCUT2D eigenvalue weighted by Gasteiger charge is -1.97. The molecule has 2 radical (unpaired) electrons. The number of nitrogens with one attached hydrogen (secondary N) is 1. The normalized spacial score (nSPS) is 9.20. The maximum atomic E-state index is 7.35. The van der Waals surface area contributed by atoms with Gasteiger partial charge in [0.25, 0.3) is 0 Å². The zero-order valence-electron chi connectivity index (χ0n) is 5.67. The monoisotopic (exact) mass is 129 g/mol. The first-order valence-corrected chi connectivity index (χ1v) is 3.17. The average molecular weight is 129 g/mol. The van der Waals surface area contributed by atoms with Crippen molar-refractivity contribution in [3.8, 4) is 0 Å². The molecule has 0 saturated carbocycles. The van der Waals surface area contributed by atoms with E-state index in [0.29, 0.717) is 12.0 Å². The highest BCUT2D eigenvalue weighted by molar-refractivity contribution is 6.24. The topological polar surface area (TPSA) is 23.9 Å². The number of rotatable bonds is 2. The Morgan fingerprint density at radius 3 is 2.40 bits per heavy atom. The van der Waals surface area contributed by atoms with Crippen molar-refractivity contribution in [1.82, 2.24) is 0 Å². The minimum absolute atomic E-state index is 0.310. The fraction of sp³-hybridized carbons (Fsp3) is 0.125. The summed E-state index contributed by atoms with van der Waals surface area (Å²) in [7, 11) is 5.28. The molecule has 0 bridgehead atoms. The standard InChI is InChI=1S/C8H8BN/c9-6-8(10)7-4-2-1-3-5-7/h1-5,10H,6H2. The van der Waals surface area contributed by atoms with Crippen LogP contribution in [-0.2, 0) is 0 Å². The Bertz CT molecular complexity index is 218. The fourth-order valence-electron chi connectivity index (χ4n) is 0.757. The highest BCUT2D eigenvalue weighted by Gasteiger charge is 1.93. The zero-order valence-corrected chi connectivity index (χ0v) is 5.67. The second-order valence-corrected chi connectivity index (χ2v) is 2.05. The molecule has 1 nitrogen and oxygen atoms in total. The van der Waals surface area contributed by atoms with Crippen molar-refractivity contribution in [3.63, 3.8) is 0 Å². The molecule has 0 fully saturated rings. The summed E-state index contributed by atoms with van der Waals surface area (Å²) in [6.07, 6.45) is 0.310. The van der Waals surface area contributed by atoms with Crippen LogP contribution < -0.4 is 0 Å². The van der Waals surface area contributed by atoms with Gasteiger partial charge in [-0.25, -0.2) is 0 Å². The lowest BCUT2D eigenvalue weighted by atomic mass is 9.95. The molecule has 2 heteroatoms. The van der Waals surface area contributed by atoms with E-state index in [1.165, 1.54) is 0 Å². The summed E-state index contributed by atoms with van der Waals surface area (Å²) in [4.78, 5) is 0. The van der Waals surface area contributed by atoms with E-state index in [1.54, 1.807) is 0 Å². The van der Waals surface area contributed by atoms with Gasteiger partial charge in [0, 0.05) is 5.71 Å². The summed E-state index contributed by atoms with van der Waals surface area (Å²) in [5.74, 6) is 0. The molecule has 0 heterocycles. The Morgan fingerprint density at radius 2 is 1.90 bits per heavy atom. The van der Waals surface area contributed by atoms with Crippen LogP contribution in [0.3, 0.4) is 0 Å². The molecular formula is C8H8BN. The van der Waals surface area contributed by atoms with E-state index in [0.717, 1.165) is 5.56 Å². The Morgan fingerprint density at radius 1 is 1.30 bits per heavy atom. The molecule has 0 aliphatic carbocycles. The van der Waals surface area contributed by atoms with Gasteiger partial charge in [-0.2, -0.15) is 0 Å². The van der Waals surface area contributed by atoms with Crippen LogP contribution in [0.5, 0.6) is 0 Å². The van der Waals surface area contributed by atoms with Gasteiger partial charge in [-0.1, -0.05) is 30.3 Å². The van der Waals surface area contributed by atoms with Crippen LogP contribution in [0, 0.1) is 5.41 Å². The van der Waals surface area contributed by atoms with Gasteiger partial charge in [-0.3, -0.25) is 0 Å². The van der Waals surface area contributed by atoms with Crippen molar-refractivity contribution in [3.05, 3.63) is 35.9 Å². The first-order valence-electron chi connectivity index (χ1n) is 3.17. The number of benzene rings is 1. The van der Waals surface area contributed by atoms with Crippen LogP contribution in [0.4, 0.5) is 0 Å². The van der Waals surface area contributed by atoms with Gasteiger partial charge in [-0.05, 0) is 11.9 Å². The third-order valence-corrected chi connectivity index (χ3v) is 1.33. The molecule has 10 heavy (non-hydrogen) atoms. The summed E-state index contributed by atoms with van der Waals surface area (Å²) in [5.41, 5.74) is 1.39. The molecule has 48 valence electrons.